The molecule has 0 aliphatic carbocycles. The molecule has 4 nitrogen and oxygen atoms in total. The minimum atomic E-state index is -0.374. The Hall–Kier alpha value is -2.75. The molecule has 3 rings (SSSR count). The second-order valence-electron chi connectivity index (χ2n) is 5.95. The number of fused-ring (bicyclic) bond motifs is 1. The van der Waals surface area contributed by atoms with Gasteiger partial charge in [0.2, 0.25) is 6.79 Å². The number of rotatable bonds is 5. The Morgan fingerprint density at radius 3 is 2.62 bits per heavy atom. The van der Waals surface area contributed by atoms with Crippen LogP contribution in [0.3, 0.4) is 0 Å². The second-order valence-corrected chi connectivity index (χ2v) is 5.95. The molecule has 1 aliphatic heterocycles. The summed E-state index contributed by atoms with van der Waals surface area (Å²) < 4.78 is 15.8. The Balaban J connectivity index is 1.53. The Labute approximate surface area is 141 Å². The number of ether oxygens (including phenoxy) is 3. The molecule has 0 bridgehead atoms. The van der Waals surface area contributed by atoms with Gasteiger partial charge in [-0.05, 0) is 40.8 Å². The molecule has 1 aliphatic rings. The van der Waals surface area contributed by atoms with Gasteiger partial charge in [0.1, 0.15) is 6.61 Å². The molecule has 0 aromatic heterocycles. The molecule has 0 saturated carbocycles. The predicted molar refractivity (Wildman–Crippen MR) is 91.9 cm³/mol. The summed E-state index contributed by atoms with van der Waals surface area (Å²) in [6.07, 6.45) is 3.12. The first-order chi connectivity index (χ1) is 11.6. The van der Waals surface area contributed by atoms with Crippen LogP contribution < -0.4 is 9.47 Å². The van der Waals surface area contributed by atoms with Gasteiger partial charge in [-0.3, -0.25) is 0 Å². The highest BCUT2D eigenvalue weighted by molar-refractivity contribution is 5.87. The third kappa shape index (κ3) is 3.96. The number of benzene rings is 2. The molecular formula is C20H20O4. The fourth-order valence-corrected chi connectivity index (χ4v) is 2.38. The number of carbonyl (C=O) groups excluding carboxylic acids is 1. The maximum absolute atomic E-state index is 11.8. The standard InChI is InChI=1S/C20H20O4/c1-14(2)17-7-3-16(4-8-17)12-22-20(21)10-6-15-5-9-18-19(11-15)24-13-23-18/h3-11,14H,12-13H2,1-2H3/b10-6+. The Morgan fingerprint density at radius 2 is 1.88 bits per heavy atom. The zero-order valence-corrected chi connectivity index (χ0v) is 13.8. The van der Waals surface area contributed by atoms with Crippen molar-refractivity contribution in [3.63, 3.8) is 0 Å². The second kappa shape index (κ2) is 7.21. The van der Waals surface area contributed by atoms with Gasteiger partial charge in [-0.1, -0.05) is 44.2 Å². The van der Waals surface area contributed by atoms with Crippen LogP contribution in [-0.2, 0) is 16.1 Å². The maximum Gasteiger partial charge on any atom is 0.331 e. The van der Waals surface area contributed by atoms with E-state index >= 15 is 0 Å². The van der Waals surface area contributed by atoms with E-state index in [2.05, 4.69) is 26.0 Å². The molecular weight excluding hydrogens is 304 g/mol. The van der Waals surface area contributed by atoms with Crippen LogP contribution in [0.2, 0.25) is 0 Å². The lowest BCUT2D eigenvalue weighted by Crippen LogP contribution is -2.01. The van der Waals surface area contributed by atoms with Crippen molar-refractivity contribution in [1.82, 2.24) is 0 Å². The van der Waals surface area contributed by atoms with Gasteiger partial charge in [-0.25, -0.2) is 4.79 Å². The summed E-state index contributed by atoms with van der Waals surface area (Å²) in [6.45, 7) is 4.80. The van der Waals surface area contributed by atoms with Crippen LogP contribution in [0.1, 0.15) is 36.5 Å². The molecule has 0 atom stereocenters. The van der Waals surface area contributed by atoms with E-state index in [0.29, 0.717) is 11.7 Å². The van der Waals surface area contributed by atoms with Crippen LogP contribution >= 0.6 is 0 Å². The van der Waals surface area contributed by atoms with Crippen LogP contribution in [0, 0.1) is 0 Å². The fourth-order valence-electron chi connectivity index (χ4n) is 2.38. The monoisotopic (exact) mass is 324 g/mol. The van der Waals surface area contributed by atoms with Crippen molar-refractivity contribution in [2.24, 2.45) is 0 Å². The summed E-state index contributed by atoms with van der Waals surface area (Å²) in [5.74, 6) is 1.53. The molecule has 24 heavy (non-hydrogen) atoms. The van der Waals surface area contributed by atoms with Gasteiger partial charge in [0.15, 0.2) is 11.5 Å². The van der Waals surface area contributed by atoms with Crippen LogP contribution in [-0.4, -0.2) is 12.8 Å². The summed E-state index contributed by atoms with van der Waals surface area (Å²) in [5.41, 5.74) is 3.11. The van der Waals surface area contributed by atoms with Crippen molar-refractivity contribution in [3.8, 4) is 11.5 Å². The highest BCUT2D eigenvalue weighted by atomic mass is 16.7. The minimum absolute atomic E-state index is 0.236. The molecule has 0 amide bonds. The molecule has 2 aromatic rings. The van der Waals surface area contributed by atoms with Gasteiger partial charge < -0.3 is 14.2 Å². The Kier molecular flexibility index (Phi) is 4.85. The topological polar surface area (TPSA) is 44.8 Å². The Bertz CT molecular complexity index is 745. The van der Waals surface area contributed by atoms with E-state index < -0.39 is 0 Å². The SMILES string of the molecule is CC(C)c1ccc(COC(=O)/C=C/c2ccc3c(c2)OCO3)cc1. The van der Waals surface area contributed by atoms with Crippen LogP contribution in [0.25, 0.3) is 6.08 Å². The molecule has 0 unspecified atom stereocenters. The van der Waals surface area contributed by atoms with Crippen molar-refractivity contribution in [3.05, 3.63) is 65.2 Å². The quantitative estimate of drug-likeness (QED) is 0.608. The van der Waals surface area contributed by atoms with E-state index in [0.717, 1.165) is 16.9 Å². The van der Waals surface area contributed by atoms with E-state index in [-0.39, 0.29) is 19.4 Å². The van der Waals surface area contributed by atoms with Gasteiger partial charge in [0.05, 0.1) is 0 Å². The summed E-state index contributed by atoms with van der Waals surface area (Å²) >= 11 is 0. The molecule has 2 aromatic carbocycles. The van der Waals surface area contributed by atoms with Gasteiger partial charge in [-0.15, -0.1) is 0 Å². The molecule has 4 heteroatoms. The van der Waals surface area contributed by atoms with E-state index in [1.807, 2.05) is 30.3 Å². The summed E-state index contributed by atoms with van der Waals surface area (Å²) in [4.78, 5) is 11.8. The summed E-state index contributed by atoms with van der Waals surface area (Å²) in [6, 6.07) is 13.6. The van der Waals surface area contributed by atoms with E-state index in [9.17, 15) is 4.79 Å². The van der Waals surface area contributed by atoms with Crippen molar-refractivity contribution in [1.29, 1.82) is 0 Å². The number of carbonyl (C=O) groups is 1. The molecule has 0 spiro atoms. The smallest absolute Gasteiger partial charge is 0.331 e. The average molecular weight is 324 g/mol. The normalized spacial score (nSPS) is 12.8. The number of hydrogen-bond donors (Lipinski definition) is 0. The van der Waals surface area contributed by atoms with Crippen molar-refractivity contribution >= 4 is 12.0 Å². The lowest BCUT2D eigenvalue weighted by Gasteiger charge is -2.07. The lowest BCUT2D eigenvalue weighted by molar-refractivity contribution is -0.138. The van der Waals surface area contributed by atoms with Gasteiger partial charge in [-0.2, -0.15) is 0 Å². The van der Waals surface area contributed by atoms with Crippen molar-refractivity contribution in [2.45, 2.75) is 26.4 Å². The zero-order valence-electron chi connectivity index (χ0n) is 13.8. The molecule has 0 N–H and O–H groups in total. The molecule has 1 heterocycles. The van der Waals surface area contributed by atoms with E-state index in [1.165, 1.54) is 11.6 Å². The van der Waals surface area contributed by atoms with Crippen LogP contribution in [0.15, 0.2) is 48.5 Å². The lowest BCUT2D eigenvalue weighted by atomic mass is 10.0. The summed E-state index contributed by atoms with van der Waals surface area (Å²) in [7, 11) is 0. The predicted octanol–water partition coefficient (Wildman–Crippen LogP) is 4.30. The maximum atomic E-state index is 11.8. The van der Waals surface area contributed by atoms with Crippen molar-refractivity contribution in [2.75, 3.05) is 6.79 Å². The van der Waals surface area contributed by atoms with Crippen LogP contribution in [0.4, 0.5) is 0 Å². The average Bonchev–Trinajstić information content (AvgIpc) is 3.06. The van der Waals surface area contributed by atoms with Crippen molar-refractivity contribution < 1.29 is 19.0 Å². The minimum Gasteiger partial charge on any atom is -0.458 e. The van der Waals surface area contributed by atoms with Gasteiger partial charge >= 0.3 is 5.97 Å². The molecule has 0 saturated heterocycles. The third-order valence-electron chi connectivity index (χ3n) is 3.84. The Morgan fingerprint density at radius 1 is 1.12 bits per heavy atom. The first kappa shape index (κ1) is 16.1. The zero-order chi connectivity index (χ0) is 16.9. The number of hydrogen-bond acceptors (Lipinski definition) is 4. The number of esters is 1. The summed E-state index contributed by atoms with van der Waals surface area (Å²) in [5, 5.41) is 0. The highest BCUT2D eigenvalue weighted by Crippen LogP contribution is 2.32. The largest absolute Gasteiger partial charge is 0.458 e. The highest BCUT2D eigenvalue weighted by Gasteiger charge is 2.12. The molecule has 0 radical (unpaired) electrons. The molecule has 0 fully saturated rings. The first-order valence-electron chi connectivity index (χ1n) is 7.95. The van der Waals surface area contributed by atoms with E-state index in [1.54, 1.807) is 6.08 Å². The fraction of sp³-hybridized carbons (Fsp3) is 0.250. The van der Waals surface area contributed by atoms with Gasteiger partial charge in [0.25, 0.3) is 0 Å². The van der Waals surface area contributed by atoms with E-state index in [4.69, 9.17) is 14.2 Å². The third-order valence-corrected chi connectivity index (χ3v) is 3.84. The van der Waals surface area contributed by atoms with Gasteiger partial charge in [0, 0.05) is 6.08 Å². The molecule has 124 valence electrons. The first-order valence-corrected chi connectivity index (χ1v) is 7.95. The van der Waals surface area contributed by atoms with Crippen LogP contribution in [0.5, 0.6) is 11.5 Å².